The van der Waals surface area contributed by atoms with Crippen molar-refractivity contribution in [2.45, 2.75) is 6.92 Å². The molecule has 1 aromatic heterocycles. The zero-order chi connectivity index (χ0) is 20.4. The molecular weight excluding hydrogens is 387 g/mol. The molecule has 0 aliphatic rings. The number of ether oxygens (including phenoxy) is 2. The van der Waals surface area contributed by atoms with Crippen LogP contribution in [0.2, 0.25) is 5.02 Å². The maximum atomic E-state index is 13.9. The number of nitrogens with zero attached hydrogens (tertiary/aromatic N) is 2. The molecule has 6 nitrogen and oxygen atoms in total. The van der Waals surface area contributed by atoms with E-state index in [9.17, 15) is 14.0 Å². The molecule has 28 heavy (non-hydrogen) atoms. The van der Waals surface area contributed by atoms with Crippen molar-refractivity contribution in [2.75, 3.05) is 14.2 Å². The molecule has 0 unspecified atom stereocenters. The monoisotopic (exact) mass is 402 g/mol. The number of methoxy groups -OCH3 is 2. The van der Waals surface area contributed by atoms with E-state index in [0.29, 0.717) is 16.8 Å². The number of esters is 2. The summed E-state index contributed by atoms with van der Waals surface area (Å²) in [5.74, 6) is -2.07. The van der Waals surface area contributed by atoms with Crippen LogP contribution in [0.25, 0.3) is 16.9 Å². The van der Waals surface area contributed by atoms with Crippen LogP contribution in [0.3, 0.4) is 0 Å². The van der Waals surface area contributed by atoms with Gasteiger partial charge >= 0.3 is 11.9 Å². The molecule has 144 valence electrons. The van der Waals surface area contributed by atoms with Crippen molar-refractivity contribution in [1.82, 2.24) is 9.78 Å². The maximum absolute atomic E-state index is 13.9. The van der Waals surface area contributed by atoms with Crippen molar-refractivity contribution in [3.63, 3.8) is 0 Å². The highest BCUT2D eigenvalue weighted by molar-refractivity contribution is 6.33. The predicted octanol–water partition coefficient (Wildman–Crippen LogP) is 4.21. The van der Waals surface area contributed by atoms with Crippen LogP contribution in [0.5, 0.6) is 0 Å². The second-order valence-corrected chi connectivity index (χ2v) is 6.29. The number of hydrogen-bond donors (Lipinski definition) is 0. The number of hydrogen-bond acceptors (Lipinski definition) is 5. The minimum atomic E-state index is -0.796. The largest absolute Gasteiger partial charge is 0.465 e. The second-order valence-electron chi connectivity index (χ2n) is 5.88. The minimum Gasteiger partial charge on any atom is -0.465 e. The molecule has 0 spiro atoms. The third kappa shape index (κ3) is 3.36. The number of halogens is 2. The molecular formula is C20H16ClFN2O4. The highest BCUT2D eigenvalue weighted by Crippen LogP contribution is 2.35. The molecule has 0 saturated carbocycles. The highest BCUT2D eigenvalue weighted by atomic mass is 35.5. The first kappa shape index (κ1) is 19.6. The summed E-state index contributed by atoms with van der Waals surface area (Å²) in [6, 6.07) is 11.3. The van der Waals surface area contributed by atoms with Crippen molar-refractivity contribution in [2.24, 2.45) is 0 Å². The summed E-state index contributed by atoms with van der Waals surface area (Å²) < 4.78 is 24.9. The molecule has 8 heteroatoms. The summed E-state index contributed by atoms with van der Waals surface area (Å²) in [7, 11) is 2.38. The summed E-state index contributed by atoms with van der Waals surface area (Å²) in [4.78, 5) is 25.1. The van der Waals surface area contributed by atoms with Gasteiger partial charge in [-0.25, -0.2) is 18.7 Å². The van der Waals surface area contributed by atoms with Crippen LogP contribution in [0.1, 0.15) is 26.4 Å². The fraction of sp³-hybridized carbons (Fsp3) is 0.150. The van der Waals surface area contributed by atoms with E-state index >= 15 is 0 Å². The normalized spacial score (nSPS) is 10.6. The average molecular weight is 403 g/mol. The Kier molecular flexibility index (Phi) is 5.46. The van der Waals surface area contributed by atoms with Gasteiger partial charge in [0.2, 0.25) is 0 Å². The number of rotatable bonds is 4. The third-order valence-electron chi connectivity index (χ3n) is 4.16. The number of aromatic nitrogens is 2. The summed E-state index contributed by atoms with van der Waals surface area (Å²) in [5.41, 5.74) is 0.975. The zero-order valence-electron chi connectivity index (χ0n) is 15.3. The van der Waals surface area contributed by atoms with E-state index in [1.54, 1.807) is 37.3 Å². The van der Waals surface area contributed by atoms with E-state index in [2.05, 4.69) is 5.10 Å². The highest BCUT2D eigenvalue weighted by Gasteiger charge is 2.32. The molecule has 0 aliphatic heterocycles. The Balaban J connectivity index is 2.40. The van der Waals surface area contributed by atoms with Gasteiger partial charge in [-0.2, -0.15) is 5.10 Å². The maximum Gasteiger partial charge on any atom is 0.357 e. The topological polar surface area (TPSA) is 70.4 Å². The SMILES string of the molecule is COC(=O)c1c(-c2cc(C)c(F)cc2Cl)nn(-c2ccccc2)c1C(=O)OC. The van der Waals surface area contributed by atoms with E-state index in [0.717, 1.165) is 6.07 Å². The Morgan fingerprint density at radius 3 is 2.32 bits per heavy atom. The van der Waals surface area contributed by atoms with Gasteiger partial charge in [-0.1, -0.05) is 29.8 Å². The van der Waals surface area contributed by atoms with Crippen molar-refractivity contribution in [1.29, 1.82) is 0 Å². The number of carbonyl (C=O) groups excluding carboxylic acids is 2. The molecule has 0 radical (unpaired) electrons. The van der Waals surface area contributed by atoms with Crippen LogP contribution in [-0.4, -0.2) is 35.9 Å². The van der Waals surface area contributed by atoms with Gasteiger partial charge in [-0.3, -0.25) is 0 Å². The average Bonchev–Trinajstić information content (AvgIpc) is 3.10. The summed E-state index contributed by atoms with van der Waals surface area (Å²) >= 11 is 6.22. The van der Waals surface area contributed by atoms with Crippen molar-refractivity contribution < 1.29 is 23.5 Å². The van der Waals surface area contributed by atoms with Crippen LogP contribution in [-0.2, 0) is 9.47 Å². The lowest BCUT2D eigenvalue weighted by atomic mass is 10.0. The Morgan fingerprint density at radius 1 is 1.07 bits per heavy atom. The second kappa shape index (κ2) is 7.82. The molecule has 0 N–H and O–H groups in total. The predicted molar refractivity (Wildman–Crippen MR) is 101 cm³/mol. The van der Waals surface area contributed by atoms with Gasteiger partial charge in [0.25, 0.3) is 0 Å². The van der Waals surface area contributed by atoms with E-state index in [-0.39, 0.29) is 22.0 Å². The van der Waals surface area contributed by atoms with Gasteiger partial charge in [0.15, 0.2) is 5.69 Å². The number of para-hydroxylation sites is 1. The van der Waals surface area contributed by atoms with Crippen LogP contribution in [0.15, 0.2) is 42.5 Å². The van der Waals surface area contributed by atoms with Crippen molar-refractivity contribution >= 4 is 23.5 Å². The molecule has 0 amide bonds. The summed E-state index contributed by atoms with van der Waals surface area (Å²) in [6.07, 6.45) is 0. The molecule has 3 aromatic rings. The fourth-order valence-corrected chi connectivity index (χ4v) is 3.02. The molecule has 0 fully saturated rings. The van der Waals surface area contributed by atoms with Crippen LogP contribution >= 0.6 is 11.6 Å². The molecule has 0 bridgehead atoms. The third-order valence-corrected chi connectivity index (χ3v) is 4.47. The quantitative estimate of drug-likeness (QED) is 0.611. The van der Waals surface area contributed by atoms with Gasteiger partial charge < -0.3 is 9.47 Å². The first-order valence-electron chi connectivity index (χ1n) is 8.20. The Hall–Kier alpha value is -3.19. The van der Waals surface area contributed by atoms with Crippen LogP contribution in [0, 0.1) is 12.7 Å². The van der Waals surface area contributed by atoms with Gasteiger partial charge in [0.05, 0.1) is 24.9 Å². The minimum absolute atomic E-state index is 0.0439. The molecule has 0 saturated heterocycles. The van der Waals surface area contributed by atoms with Crippen LogP contribution in [0.4, 0.5) is 4.39 Å². The lowest BCUT2D eigenvalue weighted by molar-refractivity contribution is 0.0549. The Labute approximate surface area is 165 Å². The van der Waals surface area contributed by atoms with Gasteiger partial charge in [0, 0.05) is 5.56 Å². The number of benzene rings is 2. The van der Waals surface area contributed by atoms with E-state index in [1.807, 2.05) is 0 Å². The van der Waals surface area contributed by atoms with Gasteiger partial charge in [-0.05, 0) is 36.8 Å². The van der Waals surface area contributed by atoms with Gasteiger partial charge in [-0.15, -0.1) is 0 Å². The first-order valence-corrected chi connectivity index (χ1v) is 8.58. The van der Waals surface area contributed by atoms with E-state index in [4.69, 9.17) is 21.1 Å². The smallest absolute Gasteiger partial charge is 0.357 e. The Bertz CT molecular complexity index is 1060. The lowest BCUT2D eigenvalue weighted by Crippen LogP contribution is -2.15. The molecule has 1 heterocycles. The van der Waals surface area contributed by atoms with Crippen molar-refractivity contribution in [3.8, 4) is 16.9 Å². The lowest BCUT2D eigenvalue weighted by Gasteiger charge is -2.07. The number of carbonyl (C=O) groups is 2. The van der Waals surface area contributed by atoms with Gasteiger partial charge in [0.1, 0.15) is 17.1 Å². The molecule has 0 atom stereocenters. The summed E-state index contributed by atoms with van der Waals surface area (Å²) in [6.45, 7) is 1.56. The number of aryl methyl sites for hydroxylation is 1. The fourth-order valence-electron chi connectivity index (χ4n) is 2.78. The summed E-state index contributed by atoms with van der Waals surface area (Å²) in [5, 5.41) is 4.47. The zero-order valence-corrected chi connectivity index (χ0v) is 16.1. The molecule has 0 aliphatic carbocycles. The standard InChI is InChI=1S/C20H16ClFN2O4/c1-11-9-13(14(21)10-15(11)22)17-16(19(25)27-2)18(20(26)28-3)24(23-17)12-7-5-4-6-8-12/h4-10H,1-3H3. The molecule has 2 aromatic carbocycles. The molecule has 3 rings (SSSR count). The van der Waals surface area contributed by atoms with E-state index < -0.39 is 17.8 Å². The van der Waals surface area contributed by atoms with Crippen LogP contribution < -0.4 is 0 Å². The van der Waals surface area contributed by atoms with E-state index in [1.165, 1.54) is 25.0 Å². The Morgan fingerprint density at radius 2 is 1.71 bits per heavy atom. The van der Waals surface area contributed by atoms with Crippen molar-refractivity contribution in [3.05, 3.63) is 70.1 Å². The first-order chi connectivity index (χ1) is 13.4.